The summed E-state index contributed by atoms with van der Waals surface area (Å²) in [6, 6.07) is 0. The van der Waals surface area contributed by atoms with Crippen LogP contribution in [-0.4, -0.2) is 19.7 Å². The van der Waals surface area contributed by atoms with E-state index in [-0.39, 0.29) is 12.2 Å². The maximum Gasteiger partial charge on any atom is 0.188 e. The fraction of sp³-hybridized carbons (Fsp3) is 0.800. The minimum atomic E-state index is -0.317. The molecule has 2 rings (SSSR count). The van der Waals surface area contributed by atoms with E-state index in [1.807, 2.05) is 0 Å². The van der Waals surface area contributed by atoms with Crippen molar-refractivity contribution in [2.75, 3.05) is 13.9 Å². The van der Waals surface area contributed by atoms with Crippen LogP contribution in [0.2, 0.25) is 0 Å². The van der Waals surface area contributed by atoms with E-state index in [4.69, 9.17) is 9.47 Å². The van der Waals surface area contributed by atoms with Gasteiger partial charge in [0, 0.05) is 13.5 Å². The van der Waals surface area contributed by atoms with Gasteiger partial charge in [0.05, 0.1) is 5.41 Å². The van der Waals surface area contributed by atoms with E-state index < -0.39 is 0 Å². The minimum Gasteiger partial charge on any atom is -0.471 e. The number of Topliss-reactive ketones (excluding diaryl/α,β-unsaturated/α-hetero) is 1. The number of rotatable bonds is 5. The van der Waals surface area contributed by atoms with Gasteiger partial charge in [-0.25, -0.2) is 0 Å². The van der Waals surface area contributed by atoms with Crippen molar-refractivity contribution in [2.45, 2.75) is 46.0 Å². The van der Waals surface area contributed by atoms with Crippen LogP contribution in [-0.2, 0) is 14.3 Å². The molecular weight excluding hydrogens is 228 g/mol. The highest BCUT2D eigenvalue weighted by atomic mass is 16.7. The Morgan fingerprint density at radius 3 is 2.83 bits per heavy atom. The highest BCUT2D eigenvalue weighted by Gasteiger charge is 2.54. The van der Waals surface area contributed by atoms with Crippen molar-refractivity contribution in [3.8, 4) is 0 Å². The van der Waals surface area contributed by atoms with Crippen LogP contribution in [0.25, 0.3) is 0 Å². The molecule has 1 fully saturated rings. The fourth-order valence-corrected chi connectivity index (χ4v) is 3.59. The van der Waals surface area contributed by atoms with Crippen molar-refractivity contribution in [3.63, 3.8) is 0 Å². The zero-order valence-corrected chi connectivity index (χ0v) is 11.7. The molecule has 0 aromatic rings. The first-order chi connectivity index (χ1) is 8.61. The molecule has 0 radical (unpaired) electrons. The molecule has 2 atom stereocenters. The molecule has 1 spiro atoms. The summed E-state index contributed by atoms with van der Waals surface area (Å²) in [5, 5.41) is 0. The quantitative estimate of drug-likeness (QED) is 0.704. The summed E-state index contributed by atoms with van der Waals surface area (Å²) in [5.74, 6) is 2.32. The molecule has 3 nitrogen and oxygen atoms in total. The molecule has 0 bridgehead atoms. The monoisotopic (exact) mass is 252 g/mol. The summed E-state index contributed by atoms with van der Waals surface area (Å²) in [7, 11) is 1.62. The van der Waals surface area contributed by atoms with Crippen molar-refractivity contribution in [3.05, 3.63) is 11.8 Å². The standard InChI is InChI=1S/C15H24O3/c1-11(2)9-12-6-7-14(18-10-17-3)15(12)8-4-5-13(15)16/h7,11-12H,4-6,8-10H2,1-3H3/t12-,15+/m0/s1. The van der Waals surface area contributed by atoms with E-state index in [1.165, 1.54) is 0 Å². The van der Waals surface area contributed by atoms with Gasteiger partial charge >= 0.3 is 0 Å². The second kappa shape index (κ2) is 5.43. The van der Waals surface area contributed by atoms with Gasteiger partial charge in [0.2, 0.25) is 0 Å². The van der Waals surface area contributed by atoms with Gasteiger partial charge in [-0.3, -0.25) is 4.79 Å². The molecule has 18 heavy (non-hydrogen) atoms. The average Bonchev–Trinajstić information content (AvgIpc) is 2.85. The number of ether oxygens (including phenoxy) is 2. The van der Waals surface area contributed by atoms with Crippen LogP contribution >= 0.6 is 0 Å². The first kappa shape index (κ1) is 13.6. The van der Waals surface area contributed by atoms with E-state index in [1.54, 1.807) is 7.11 Å². The van der Waals surface area contributed by atoms with E-state index >= 15 is 0 Å². The number of ketones is 1. The highest BCUT2D eigenvalue weighted by Crippen LogP contribution is 2.54. The molecule has 0 N–H and O–H groups in total. The molecule has 102 valence electrons. The molecule has 0 unspecified atom stereocenters. The Morgan fingerprint density at radius 1 is 1.50 bits per heavy atom. The topological polar surface area (TPSA) is 35.5 Å². The van der Waals surface area contributed by atoms with E-state index in [9.17, 15) is 4.79 Å². The van der Waals surface area contributed by atoms with Crippen molar-refractivity contribution in [1.82, 2.24) is 0 Å². The van der Waals surface area contributed by atoms with Crippen molar-refractivity contribution < 1.29 is 14.3 Å². The van der Waals surface area contributed by atoms with E-state index in [0.29, 0.717) is 24.0 Å². The Kier molecular flexibility index (Phi) is 4.10. The van der Waals surface area contributed by atoms with Gasteiger partial charge in [-0.1, -0.05) is 13.8 Å². The normalized spacial score (nSPS) is 31.4. The molecule has 0 aromatic carbocycles. The number of carbonyl (C=O) groups is 1. The van der Waals surface area contributed by atoms with Crippen LogP contribution in [0.15, 0.2) is 11.8 Å². The second-order valence-electron chi connectivity index (χ2n) is 5.93. The van der Waals surface area contributed by atoms with Gasteiger partial charge in [0.1, 0.15) is 11.5 Å². The molecular formula is C15H24O3. The largest absolute Gasteiger partial charge is 0.471 e. The lowest BCUT2D eigenvalue weighted by Crippen LogP contribution is -2.35. The fourth-order valence-electron chi connectivity index (χ4n) is 3.59. The van der Waals surface area contributed by atoms with Gasteiger partial charge in [-0.15, -0.1) is 0 Å². The van der Waals surface area contributed by atoms with Crippen LogP contribution in [0.1, 0.15) is 46.0 Å². The number of allylic oxidation sites excluding steroid dienone is 2. The lowest BCUT2D eigenvalue weighted by atomic mass is 9.71. The number of hydrogen-bond acceptors (Lipinski definition) is 3. The number of methoxy groups -OCH3 is 1. The molecule has 0 aliphatic heterocycles. The summed E-state index contributed by atoms with van der Waals surface area (Å²) in [6.45, 7) is 4.69. The Hall–Kier alpha value is -0.830. The minimum absolute atomic E-state index is 0.245. The summed E-state index contributed by atoms with van der Waals surface area (Å²) in [5.41, 5.74) is -0.317. The first-order valence-electron chi connectivity index (χ1n) is 6.97. The lowest BCUT2D eigenvalue weighted by molar-refractivity contribution is -0.129. The summed E-state index contributed by atoms with van der Waals surface area (Å²) < 4.78 is 10.7. The Morgan fingerprint density at radius 2 is 2.28 bits per heavy atom. The number of carbonyl (C=O) groups excluding carboxylic acids is 1. The Balaban J connectivity index is 2.19. The Bertz CT molecular complexity index is 346. The summed E-state index contributed by atoms with van der Waals surface area (Å²) >= 11 is 0. The summed E-state index contributed by atoms with van der Waals surface area (Å²) in [4.78, 5) is 12.4. The van der Waals surface area contributed by atoms with Crippen molar-refractivity contribution in [1.29, 1.82) is 0 Å². The Labute approximate surface area is 110 Å². The molecule has 2 aliphatic rings. The predicted molar refractivity (Wildman–Crippen MR) is 69.9 cm³/mol. The molecule has 0 amide bonds. The van der Waals surface area contributed by atoms with Gasteiger partial charge < -0.3 is 9.47 Å². The molecule has 0 heterocycles. The SMILES string of the molecule is COCOC1=CC[C@@H](CC(C)C)[C@@]12CCCC2=O. The van der Waals surface area contributed by atoms with Gasteiger partial charge in [0.25, 0.3) is 0 Å². The molecule has 1 saturated carbocycles. The maximum absolute atomic E-state index is 12.4. The molecule has 0 aromatic heterocycles. The molecule has 3 heteroatoms. The summed E-state index contributed by atoms with van der Waals surface area (Å²) in [6.07, 6.45) is 6.86. The maximum atomic E-state index is 12.4. The average molecular weight is 252 g/mol. The third-order valence-corrected chi connectivity index (χ3v) is 4.29. The van der Waals surface area contributed by atoms with Gasteiger partial charge in [-0.2, -0.15) is 0 Å². The third-order valence-electron chi connectivity index (χ3n) is 4.29. The lowest BCUT2D eigenvalue weighted by Gasteiger charge is -2.33. The van der Waals surface area contributed by atoms with Gasteiger partial charge in [-0.05, 0) is 43.6 Å². The first-order valence-corrected chi connectivity index (χ1v) is 6.97. The van der Waals surface area contributed by atoms with Crippen LogP contribution < -0.4 is 0 Å². The second-order valence-corrected chi connectivity index (χ2v) is 5.93. The van der Waals surface area contributed by atoms with Crippen molar-refractivity contribution >= 4 is 5.78 Å². The van der Waals surface area contributed by atoms with Crippen LogP contribution in [0.4, 0.5) is 0 Å². The third kappa shape index (κ3) is 2.20. The van der Waals surface area contributed by atoms with Crippen molar-refractivity contribution in [2.24, 2.45) is 17.3 Å². The number of hydrogen-bond donors (Lipinski definition) is 0. The van der Waals surface area contributed by atoms with Gasteiger partial charge in [0.15, 0.2) is 6.79 Å². The van der Waals surface area contributed by atoms with Crippen LogP contribution in [0.5, 0.6) is 0 Å². The smallest absolute Gasteiger partial charge is 0.188 e. The zero-order valence-electron chi connectivity index (χ0n) is 11.7. The van der Waals surface area contributed by atoms with E-state index in [2.05, 4.69) is 19.9 Å². The molecule has 2 aliphatic carbocycles. The highest BCUT2D eigenvalue weighted by molar-refractivity contribution is 5.90. The van der Waals surface area contributed by atoms with E-state index in [0.717, 1.165) is 31.4 Å². The molecule has 0 saturated heterocycles. The van der Waals surface area contributed by atoms with Crippen LogP contribution in [0, 0.1) is 17.3 Å². The van der Waals surface area contributed by atoms with Crippen LogP contribution in [0.3, 0.4) is 0 Å². The zero-order chi connectivity index (χ0) is 13.2. The predicted octanol–water partition coefficient (Wildman–Crippen LogP) is 3.30.